The Labute approximate surface area is 217 Å². The standard InChI is InChI=1S/C28H26F3N5O2/c1-16-13-36(14-17(2)35-16)27(37)21-8-20(11-32-12-21)26-22-9-18(4-6-24(22)33-15-34-26)19-5-7-25(38-3)23(10-19)28(29,30)31/h4-12,15-17,35H,13-14H2,1-3H3. The zero-order valence-electron chi connectivity index (χ0n) is 21.1. The van der Waals surface area contributed by atoms with Gasteiger partial charge in [0.25, 0.3) is 5.91 Å². The minimum Gasteiger partial charge on any atom is -0.496 e. The van der Waals surface area contributed by atoms with Crippen molar-refractivity contribution in [2.75, 3.05) is 20.2 Å². The molecule has 2 aromatic heterocycles. The molecule has 10 heteroatoms. The van der Waals surface area contributed by atoms with Crippen LogP contribution in [0, 0.1) is 0 Å². The SMILES string of the molecule is COc1ccc(-c2ccc3ncnc(-c4cncc(C(=O)N5CC(C)NC(C)C5)c4)c3c2)cc1C(F)(F)F. The number of alkyl halides is 3. The zero-order valence-corrected chi connectivity index (χ0v) is 21.1. The van der Waals surface area contributed by atoms with Gasteiger partial charge in [-0.25, -0.2) is 9.97 Å². The third-order valence-corrected chi connectivity index (χ3v) is 6.58. The van der Waals surface area contributed by atoms with E-state index in [0.29, 0.717) is 51.9 Å². The van der Waals surface area contributed by atoms with Gasteiger partial charge in [0, 0.05) is 48.5 Å². The summed E-state index contributed by atoms with van der Waals surface area (Å²) in [5.74, 6) is -0.358. The molecule has 0 bridgehead atoms. The highest BCUT2D eigenvalue weighted by atomic mass is 19.4. The lowest BCUT2D eigenvalue weighted by molar-refractivity contribution is -0.138. The molecule has 1 aliphatic rings. The zero-order chi connectivity index (χ0) is 27.0. The molecular formula is C28H26F3N5O2. The van der Waals surface area contributed by atoms with Gasteiger partial charge in [0.1, 0.15) is 12.1 Å². The number of benzene rings is 2. The monoisotopic (exact) mass is 521 g/mol. The van der Waals surface area contributed by atoms with Crippen molar-refractivity contribution in [1.82, 2.24) is 25.2 Å². The van der Waals surface area contributed by atoms with Crippen molar-refractivity contribution in [2.24, 2.45) is 0 Å². The molecule has 4 aromatic rings. The van der Waals surface area contributed by atoms with Crippen LogP contribution in [0.4, 0.5) is 13.2 Å². The fourth-order valence-corrected chi connectivity index (χ4v) is 4.94. The second kappa shape index (κ2) is 10.0. The van der Waals surface area contributed by atoms with Gasteiger partial charge in [0.2, 0.25) is 0 Å². The summed E-state index contributed by atoms with van der Waals surface area (Å²) in [6.07, 6.45) is 0.00315. The van der Waals surface area contributed by atoms with Crippen LogP contribution in [-0.4, -0.2) is 58.0 Å². The Balaban J connectivity index is 1.55. The second-order valence-corrected chi connectivity index (χ2v) is 9.51. The van der Waals surface area contributed by atoms with Crippen LogP contribution in [0.1, 0.15) is 29.8 Å². The van der Waals surface area contributed by atoms with Crippen molar-refractivity contribution in [3.8, 4) is 28.1 Å². The Morgan fingerprint density at radius 1 is 0.974 bits per heavy atom. The Morgan fingerprint density at radius 3 is 2.39 bits per heavy atom. The van der Waals surface area contributed by atoms with E-state index in [1.165, 1.54) is 25.7 Å². The summed E-state index contributed by atoms with van der Waals surface area (Å²) >= 11 is 0. The number of nitrogens with zero attached hydrogens (tertiary/aromatic N) is 4. The lowest BCUT2D eigenvalue weighted by Gasteiger charge is -2.36. The van der Waals surface area contributed by atoms with E-state index in [1.54, 1.807) is 36.5 Å². The van der Waals surface area contributed by atoms with Crippen molar-refractivity contribution >= 4 is 16.8 Å². The van der Waals surface area contributed by atoms with Crippen LogP contribution in [0.2, 0.25) is 0 Å². The van der Waals surface area contributed by atoms with Gasteiger partial charge in [-0.1, -0.05) is 12.1 Å². The Kier molecular flexibility index (Phi) is 6.75. The molecular weight excluding hydrogens is 495 g/mol. The van der Waals surface area contributed by atoms with Crippen LogP contribution in [-0.2, 0) is 6.18 Å². The van der Waals surface area contributed by atoms with Gasteiger partial charge in [-0.3, -0.25) is 9.78 Å². The summed E-state index contributed by atoms with van der Waals surface area (Å²) in [6.45, 7) is 5.26. The fraction of sp³-hybridized carbons (Fsp3) is 0.286. The van der Waals surface area contributed by atoms with E-state index in [0.717, 1.165) is 6.07 Å². The van der Waals surface area contributed by atoms with E-state index in [1.807, 2.05) is 18.7 Å². The van der Waals surface area contributed by atoms with Gasteiger partial charge < -0.3 is 15.0 Å². The van der Waals surface area contributed by atoms with E-state index < -0.39 is 11.7 Å². The lowest BCUT2D eigenvalue weighted by atomic mass is 9.98. The largest absolute Gasteiger partial charge is 0.496 e. The number of rotatable bonds is 4. The Morgan fingerprint density at radius 2 is 1.68 bits per heavy atom. The van der Waals surface area contributed by atoms with Gasteiger partial charge in [0.15, 0.2) is 0 Å². The van der Waals surface area contributed by atoms with Crippen LogP contribution in [0.15, 0.2) is 61.2 Å². The number of carbonyl (C=O) groups is 1. The quantitative estimate of drug-likeness (QED) is 0.397. The Hall–Kier alpha value is -4.05. The molecule has 196 valence electrons. The number of hydrogen-bond acceptors (Lipinski definition) is 6. The summed E-state index contributed by atoms with van der Waals surface area (Å²) < 4.78 is 45.7. The van der Waals surface area contributed by atoms with Gasteiger partial charge in [-0.15, -0.1) is 0 Å². The van der Waals surface area contributed by atoms with E-state index in [9.17, 15) is 18.0 Å². The fourth-order valence-electron chi connectivity index (χ4n) is 4.94. The first kappa shape index (κ1) is 25.6. The second-order valence-electron chi connectivity index (χ2n) is 9.51. The van der Waals surface area contributed by atoms with Crippen LogP contribution in [0.3, 0.4) is 0 Å². The third-order valence-electron chi connectivity index (χ3n) is 6.58. The summed E-state index contributed by atoms with van der Waals surface area (Å²) in [4.78, 5) is 28.1. The maximum atomic E-state index is 13.6. The average Bonchev–Trinajstić information content (AvgIpc) is 2.90. The van der Waals surface area contributed by atoms with Crippen molar-refractivity contribution in [2.45, 2.75) is 32.1 Å². The number of pyridine rings is 1. The molecule has 3 heterocycles. The van der Waals surface area contributed by atoms with Crippen molar-refractivity contribution < 1.29 is 22.7 Å². The van der Waals surface area contributed by atoms with Gasteiger partial charge >= 0.3 is 6.18 Å². The third kappa shape index (κ3) is 5.04. The van der Waals surface area contributed by atoms with E-state index in [2.05, 4.69) is 20.3 Å². The molecule has 0 spiro atoms. The van der Waals surface area contributed by atoms with Crippen molar-refractivity contribution in [1.29, 1.82) is 0 Å². The summed E-state index contributed by atoms with van der Waals surface area (Å²) in [5, 5.41) is 4.04. The predicted octanol–water partition coefficient (Wildman–Crippen LogP) is 5.21. The molecule has 0 saturated carbocycles. The number of hydrogen-bond donors (Lipinski definition) is 1. The molecule has 38 heavy (non-hydrogen) atoms. The highest BCUT2D eigenvalue weighted by molar-refractivity contribution is 5.98. The first-order valence-corrected chi connectivity index (χ1v) is 12.1. The highest BCUT2D eigenvalue weighted by Crippen LogP contribution is 2.39. The van der Waals surface area contributed by atoms with E-state index in [4.69, 9.17) is 4.74 Å². The molecule has 1 saturated heterocycles. The maximum Gasteiger partial charge on any atom is 0.419 e. The first-order chi connectivity index (χ1) is 18.1. The lowest BCUT2D eigenvalue weighted by Crippen LogP contribution is -2.55. The highest BCUT2D eigenvalue weighted by Gasteiger charge is 2.34. The molecule has 7 nitrogen and oxygen atoms in total. The van der Waals surface area contributed by atoms with Crippen LogP contribution >= 0.6 is 0 Å². The minimum absolute atomic E-state index is 0.114. The molecule has 2 unspecified atom stereocenters. The Bertz CT molecular complexity index is 1500. The number of aromatic nitrogens is 3. The minimum atomic E-state index is -4.56. The van der Waals surface area contributed by atoms with E-state index in [-0.39, 0.29) is 23.7 Å². The van der Waals surface area contributed by atoms with Gasteiger partial charge in [-0.2, -0.15) is 13.2 Å². The van der Waals surface area contributed by atoms with Gasteiger partial charge in [0.05, 0.1) is 29.4 Å². The normalized spacial score (nSPS) is 18.0. The molecule has 2 atom stereocenters. The predicted molar refractivity (Wildman–Crippen MR) is 138 cm³/mol. The summed E-state index contributed by atoms with van der Waals surface area (Å²) in [5.41, 5.74) is 2.29. The van der Waals surface area contributed by atoms with Crippen LogP contribution in [0.25, 0.3) is 33.3 Å². The number of halogens is 3. The number of fused-ring (bicyclic) bond motifs is 1. The van der Waals surface area contributed by atoms with E-state index >= 15 is 0 Å². The molecule has 2 aromatic carbocycles. The van der Waals surface area contributed by atoms with Crippen LogP contribution < -0.4 is 10.1 Å². The molecule has 0 radical (unpaired) electrons. The van der Waals surface area contributed by atoms with Crippen molar-refractivity contribution in [3.05, 3.63) is 72.3 Å². The number of ether oxygens (including phenoxy) is 1. The number of methoxy groups -OCH3 is 1. The molecule has 0 aliphatic carbocycles. The number of piperazine rings is 1. The van der Waals surface area contributed by atoms with Gasteiger partial charge in [-0.05, 0) is 55.3 Å². The molecule has 1 amide bonds. The maximum absolute atomic E-state index is 13.6. The first-order valence-electron chi connectivity index (χ1n) is 12.1. The molecule has 1 aliphatic heterocycles. The molecule has 1 N–H and O–H groups in total. The number of carbonyl (C=O) groups excluding carboxylic acids is 1. The topological polar surface area (TPSA) is 80.2 Å². The summed E-state index contributed by atoms with van der Waals surface area (Å²) in [7, 11) is 1.21. The van der Waals surface area contributed by atoms with Crippen LogP contribution in [0.5, 0.6) is 5.75 Å². The summed E-state index contributed by atoms with van der Waals surface area (Å²) in [6, 6.07) is 11.3. The number of amides is 1. The molecule has 1 fully saturated rings. The molecule has 5 rings (SSSR count). The average molecular weight is 522 g/mol. The van der Waals surface area contributed by atoms with Crippen molar-refractivity contribution in [3.63, 3.8) is 0 Å². The number of nitrogens with one attached hydrogen (secondary N) is 1. The smallest absolute Gasteiger partial charge is 0.419 e.